The Bertz CT molecular complexity index is 506. The normalized spacial score (nSPS) is 10.7. The van der Waals surface area contributed by atoms with E-state index in [0.717, 1.165) is 17.2 Å². The molecule has 0 amide bonds. The minimum absolute atomic E-state index is 0.448. The van der Waals surface area contributed by atoms with Crippen molar-refractivity contribution >= 4 is 0 Å². The van der Waals surface area contributed by atoms with Crippen molar-refractivity contribution in [3.8, 4) is 11.5 Å². The monoisotopic (exact) mass is 242 g/mol. The van der Waals surface area contributed by atoms with Gasteiger partial charge in [0, 0.05) is 6.54 Å². The van der Waals surface area contributed by atoms with Gasteiger partial charge < -0.3 is 10.5 Å². The molecule has 18 heavy (non-hydrogen) atoms. The summed E-state index contributed by atoms with van der Waals surface area (Å²) in [5.74, 6) is 2.06. The van der Waals surface area contributed by atoms with Crippen LogP contribution in [0.25, 0.3) is 0 Å². The van der Waals surface area contributed by atoms with Gasteiger partial charge >= 0.3 is 0 Å². The van der Waals surface area contributed by atoms with Crippen LogP contribution in [0.3, 0.4) is 0 Å². The molecule has 3 heteroatoms. The first-order valence-electron chi connectivity index (χ1n) is 6.12. The number of hydrogen-bond donors (Lipinski definition) is 1. The Morgan fingerprint density at radius 1 is 1.17 bits per heavy atom. The number of rotatable bonds is 4. The minimum Gasteiger partial charge on any atom is -0.456 e. The Kier molecular flexibility index (Phi) is 3.95. The zero-order chi connectivity index (χ0) is 13.0. The molecular weight excluding hydrogens is 224 g/mol. The van der Waals surface area contributed by atoms with Gasteiger partial charge in [0.25, 0.3) is 0 Å². The number of nitrogens with two attached hydrogens (primary N) is 1. The summed E-state index contributed by atoms with van der Waals surface area (Å²) in [6.45, 7) is 4.77. The summed E-state index contributed by atoms with van der Waals surface area (Å²) in [5, 5.41) is 0. The van der Waals surface area contributed by atoms with E-state index in [2.05, 4.69) is 31.0 Å². The minimum atomic E-state index is 0.448. The number of ether oxygens (including phenoxy) is 1. The van der Waals surface area contributed by atoms with Crippen LogP contribution >= 0.6 is 0 Å². The summed E-state index contributed by atoms with van der Waals surface area (Å²) in [4.78, 5) is 4.20. The van der Waals surface area contributed by atoms with E-state index in [-0.39, 0.29) is 0 Å². The lowest BCUT2D eigenvalue weighted by Crippen LogP contribution is -1.98. The van der Waals surface area contributed by atoms with Crippen LogP contribution in [0.5, 0.6) is 11.5 Å². The second-order valence-corrected chi connectivity index (χ2v) is 4.52. The molecule has 0 aliphatic heterocycles. The molecule has 0 unspecified atom stereocenters. The summed E-state index contributed by atoms with van der Waals surface area (Å²) in [5.41, 5.74) is 7.62. The van der Waals surface area contributed by atoms with Gasteiger partial charge in [-0.05, 0) is 35.7 Å². The fourth-order valence-corrected chi connectivity index (χ4v) is 1.67. The fraction of sp³-hybridized carbons (Fsp3) is 0.267. The first-order chi connectivity index (χ1) is 8.69. The highest BCUT2D eigenvalue weighted by Gasteiger charge is 2.02. The van der Waals surface area contributed by atoms with E-state index in [1.807, 2.05) is 24.3 Å². The van der Waals surface area contributed by atoms with E-state index in [9.17, 15) is 0 Å². The third-order valence-electron chi connectivity index (χ3n) is 2.77. The maximum absolute atomic E-state index is 5.77. The summed E-state index contributed by atoms with van der Waals surface area (Å²) in [6, 6.07) is 11.9. The number of nitrogens with zero attached hydrogens (tertiary/aromatic N) is 1. The number of benzene rings is 1. The molecule has 1 aromatic heterocycles. The average molecular weight is 242 g/mol. The second-order valence-electron chi connectivity index (χ2n) is 4.52. The van der Waals surface area contributed by atoms with Crippen LogP contribution in [0.1, 0.15) is 31.0 Å². The quantitative estimate of drug-likeness (QED) is 0.893. The van der Waals surface area contributed by atoms with Crippen LogP contribution < -0.4 is 10.5 Å². The Morgan fingerprint density at radius 3 is 2.61 bits per heavy atom. The molecule has 0 spiro atoms. The van der Waals surface area contributed by atoms with Crippen molar-refractivity contribution in [2.75, 3.05) is 0 Å². The Balaban J connectivity index is 2.15. The van der Waals surface area contributed by atoms with Crippen LogP contribution in [0.4, 0.5) is 0 Å². The van der Waals surface area contributed by atoms with E-state index in [1.165, 1.54) is 5.56 Å². The van der Waals surface area contributed by atoms with Crippen molar-refractivity contribution in [3.63, 3.8) is 0 Å². The summed E-state index contributed by atoms with van der Waals surface area (Å²) < 4.78 is 5.77. The predicted octanol–water partition coefficient (Wildman–Crippen LogP) is 3.46. The molecular formula is C15H18N2O. The molecule has 0 fully saturated rings. The van der Waals surface area contributed by atoms with Crippen molar-refractivity contribution in [3.05, 3.63) is 53.9 Å². The fourth-order valence-electron chi connectivity index (χ4n) is 1.67. The Morgan fingerprint density at radius 2 is 2.00 bits per heavy atom. The summed E-state index contributed by atoms with van der Waals surface area (Å²) in [6.07, 6.45) is 1.70. The van der Waals surface area contributed by atoms with Gasteiger partial charge in [-0.25, -0.2) is 0 Å². The van der Waals surface area contributed by atoms with E-state index in [0.29, 0.717) is 12.5 Å². The van der Waals surface area contributed by atoms with Crippen LogP contribution in [-0.2, 0) is 6.54 Å². The summed E-state index contributed by atoms with van der Waals surface area (Å²) >= 11 is 0. The van der Waals surface area contributed by atoms with Crippen molar-refractivity contribution in [1.82, 2.24) is 4.98 Å². The van der Waals surface area contributed by atoms with Crippen molar-refractivity contribution < 1.29 is 4.74 Å². The maximum atomic E-state index is 5.77. The molecule has 0 saturated carbocycles. The molecule has 0 bridgehead atoms. The average Bonchev–Trinajstić information content (AvgIpc) is 2.40. The van der Waals surface area contributed by atoms with Crippen molar-refractivity contribution in [1.29, 1.82) is 0 Å². The molecule has 0 aliphatic rings. The molecule has 3 nitrogen and oxygen atoms in total. The molecule has 0 aliphatic carbocycles. The molecule has 0 atom stereocenters. The van der Waals surface area contributed by atoms with Gasteiger partial charge in [-0.2, -0.15) is 0 Å². The lowest BCUT2D eigenvalue weighted by Gasteiger charge is -2.09. The number of pyridine rings is 1. The highest BCUT2D eigenvalue weighted by molar-refractivity contribution is 5.34. The van der Waals surface area contributed by atoms with Crippen LogP contribution in [0, 0.1) is 0 Å². The van der Waals surface area contributed by atoms with Gasteiger partial charge in [0.1, 0.15) is 11.5 Å². The maximum Gasteiger partial charge on any atom is 0.145 e. The van der Waals surface area contributed by atoms with Gasteiger partial charge in [0.2, 0.25) is 0 Å². The molecule has 2 N–H and O–H groups in total. The molecule has 2 aromatic rings. The van der Waals surface area contributed by atoms with Gasteiger partial charge in [0.15, 0.2) is 0 Å². The van der Waals surface area contributed by atoms with Crippen molar-refractivity contribution in [2.45, 2.75) is 26.3 Å². The van der Waals surface area contributed by atoms with Crippen LogP contribution in [0.15, 0.2) is 42.6 Å². The first-order valence-corrected chi connectivity index (χ1v) is 6.12. The highest BCUT2D eigenvalue weighted by atomic mass is 16.5. The van der Waals surface area contributed by atoms with Gasteiger partial charge in [-0.1, -0.05) is 26.0 Å². The largest absolute Gasteiger partial charge is 0.456 e. The lowest BCUT2D eigenvalue weighted by molar-refractivity contribution is 0.478. The van der Waals surface area contributed by atoms with E-state index < -0.39 is 0 Å². The zero-order valence-electron chi connectivity index (χ0n) is 10.8. The first kappa shape index (κ1) is 12.6. The standard InChI is InChI=1S/C15H18N2O/c1-11(2)12-4-3-5-14(8-12)18-15-7-6-13(9-16)17-10-15/h3-8,10-11H,9,16H2,1-2H3. The number of aromatic nitrogens is 1. The van der Waals surface area contributed by atoms with E-state index >= 15 is 0 Å². The van der Waals surface area contributed by atoms with Gasteiger partial charge in [-0.3, -0.25) is 4.98 Å². The third-order valence-corrected chi connectivity index (χ3v) is 2.77. The molecule has 0 radical (unpaired) electrons. The Hall–Kier alpha value is -1.87. The zero-order valence-corrected chi connectivity index (χ0v) is 10.8. The van der Waals surface area contributed by atoms with Crippen LogP contribution in [-0.4, -0.2) is 4.98 Å². The highest BCUT2D eigenvalue weighted by Crippen LogP contribution is 2.24. The smallest absolute Gasteiger partial charge is 0.145 e. The van der Waals surface area contributed by atoms with Gasteiger partial charge in [0.05, 0.1) is 11.9 Å². The predicted molar refractivity (Wildman–Crippen MR) is 72.7 cm³/mol. The number of hydrogen-bond acceptors (Lipinski definition) is 3. The topological polar surface area (TPSA) is 48.1 Å². The van der Waals surface area contributed by atoms with Crippen LogP contribution in [0.2, 0.25) is 0 Å². The molecule has 2 rings (SSSR count). The molecule has 94 valence electrons. The van der Waals surface area contributed by atoms with E-state index in [1.54, 1.807) is 6.20 Å². The van der Waals surface area contributed by atoms with Gasteiger partial charge in [-0.15, -0.1) is 0 Å². The lowest BCUT2D eigenvalue weighted by atomic mass is 10.0. The second kappa shape index (κ2) is 5.65. The Labute approximate surface area is 108 Å². The summed E-state index contributed by atoms with van der Waals surface area (Å²) in [7, 11) is 0. The molecule has 0 saturated heterocycles. The van der Waals surface area contributed by atoms with Crippen molar-refractivity contribution in [2.24, 2.45) is 5.73 Å². The third kappa shape index (κ3) is 3.08. The molecule has 1 aromatic carbocycles. The molecule has 1 heterocycles. The SMILES string of the molecule is CC(C)c1cccc(Oc2ccc(CN)nc2)c1. The van der Waals surface area contributed by atoms with E-state index in [4.69, 9.17) is 10.5 Å².